The fourth-order valence-corrected chi connectivity index (χ4v) is 13.4. The van der Waals surface area contributed by atoms with E-state index in [0.29, 0.717) is 42.2 Å². The molecule has 6 aliphatic carbocycles. The highest BCUT2D eigenvalue weighted by molar-refractivity contribution is 7.21. The summed E-state index contributed by atoms with van der Waals surface area (Å²) >= 11 is 1.54. The van der Waals surface area contributed by atoms with Gasteiger partial charge in [0, 0.05) is 43.8 Å². The third-order valence-electron chi connectivity index (χ3n) is 15.5. The first kappa shape index (κ1) is 38.9. The van der Waals surface area contributed by atoms with Gasteiger partial charge in [-0.25, -0.2) is 4.79 Å². The number of anilines is 1. The summed E-state index contributed by atoms with van der Waals surface area (Å²) in [4.78, 5) is 32.1. The number of ether oxygens (including phenoxy) is 3. The topological polar surface area (TPSA) is 118 Å². The molecule has 0 aliphatic heterocycles. The lowest BCUT2D eigenvalue weighted by Gasteiger charge is -2.71. The Kier molecular flexibility index (Phi) is 9.37. The van der Waals surface area contributed by atoms with Crippen LogP contribution in [0.1, 0.15) is 74.0 Å². The summed E-state index contributed by atoms with van der Waals surface area (Å²) in [5.41, 5.74) is -0.880. The molecular formula is C48H54N2O7S. The number of allylic oxidation sites excluding steroid dienone is 4. The van der Waals surface area contributed by atoms with Crippen molar-refractivity contribution in [2.75, 3.05) is 33.2 Å². The Bertz CT molecular complexity index is 2300. The molecule has 2 bridgehead atoms. The normalized spacial score (nSPS) is 33.1. The monoisotopic (exact) mass is 802 g/mol. The van der Waals surface area contributed by atoms with Crippen molar-refractivity contribution in [3.8, 4) is 17.2 Å². The van der Waals surface area contributed by atoms with Gasteiger partial charge in [-0.3, -0.25) is 4.79 Å². The van der Waals surface area contributed by atoms with Gasteiger partial charge in [-0.15, -0.1) is 11.3 Å². The minimum absolute atomic E-state index is 0.0591. The van der Waals surface area contributed by atoms with Crippen molar-refractivity contribution < 1.29 is 34.0 Å². The van der Waals surface area contributed by atoms with Gasteiger partial charge in [0.2, 0.25) is 0 Å². The van der Waals surface area contributed by atoms with Crippen LogP contribution in [0.2, 0.25) is 0 Å². The van der Waals surface area contributed by atoms with Crippen molar-refractivity contribution in [3.63, 3.8) is 0 Å². The lowest BCUT2D eigenvalue weighted by molar-refractivity contribution is -0.174. The molecule has 3 fully saturated rings. The lowest BCUT2D eigenvalue weighted by Crippen LogP contribution is -2.67. The largest absolute Gasteiger partial charge is 0.497 e. The molecule has 3 N–H and O–H groups in total. The molecule has 3 saturated carbocycles. The van der Waals surface area contributed by atoms with Crippen molar-refractivity contribution in [2.45, 2.75) is 77.0 Å². The lowest BCUT2D eigenvalue weighted by atomic mass is 9.32. The first-order valence-electron chi connectivity index (χ1n) is 20.6. The Labute approximate surface area is 344 Å². The van der Waals surface area contributed by atoms with Gasteiger partial charge in [0.25, 0.3) is 0 Å². The van der Waals surface area contributed by atoms with E-state index in [1.54, 1.807) is 61.8 Å². The molecule has 0 saturated heterocycles. The van der Waals surface area contributed by atoms with Crippen LogP contribution in [0, 0.1) is 33.5 Å². The summed E-state index contributed by atoms with van der Waals surface area (Å²) in [5, 5.41) is 28.6. The standard InChI is InChI=1S/C48H54N2O7S/c1-44-19-16-33(51)26-46(44)22-23-48(36(27-46)42(52)39-24-30-8-6-7-9-38(30)58-39)40(44)17-20-45(2)41(48)18-21-47(45,54)29-50(28-31-10-13-35(56-4)25-37(31)57-5)43(53)49-32-11-14-34(55-3)15-12-32/h6-15,22-25,27,33,40-41,51,54H,16-21,26,28-29H2,1-5H3,(H,49,53)/t33?,40-,41-,44-,45+,46+,47-,48-/m1/s1. The molecule has 6 aliphatic rings. The average Bonchev–Trinajstić information content (AvgIpc) is 3.78. The van der Waals surface area contributed by atoms with Crippen LogP contribution < -0.4 is 19.5 Å². The highest BCUT2D eigenvalue weighted by Crippen LogP contribution is 2.78. The van der Waals surface area contributed by atoms with Gasteiger partial charge in [-0.1, -0.05) is 50.3 Å². The van der Waals surface area contributed by atoms with Crippen molar-refractivity contribution in [1.29, 1.82) is 0 Å². The molecule has 4 aromatic rings. The number of nitrogens with zero attached hydrogens (tertiary/aromatic N) is 1. The van der Waals surface area contributed by atoms with E-state index in [1.165, 1.54) is 0 Å². The second-order valence-electron chi connectivity index (χ2n) is 18.0. The van der Waals surface area contributed by atoms with Gasteiger partial charge in [0.1, 0.15) is 17.2 Å². The summed E-state index contributed by atoms with van der Waals surface area (Å²) in [5.74, 6) is 2.07. The van der Waals surface area contributed by atoms with Crippen LogP contribution in [0.3, 0.4) is 0 Å². The molecule has 2 amide bonds. The summed E-state index contributed by atoms with van der Waals surface area (Å²) in [6.07, 6.45) is 11.5. The summed E-state index contributed by atoms with van der Waals surface area (Å²) in [6.45, 7) is 4.88. The van der Waals surface area contributed by atoms with Gasteiger partial charge < -0.3 is 34.6 Å². The van der Waals surface area contributed by atoms with E-state index in [2.05, 4.69) is 49.5 Å². The minimum Gasteiger partial charge on any atom is -0.497 e. The second-order valence-corrected chi connectivity index (χ2v) is 19.1. The highest BCUT2D eigenvalue weighted by atomic mass is 32.1. The molecule has 304 valence electrons. The van der Waals surface area contributed by atoms with E-state index in [4.69, 9.17) is 14.2 Å². The van der Waals surface area contributed by atoms with Gasteiger partial charge >= 0.3 is 6.03 Å². The van der Waals surface area contributed by atoms with Crippen molar-refractivity contribution >= 4 is 38.9 Å². The second kappa shape index (κ2) is 14.0. The van der Waals surface area contributed by atoms with E-state index in [1.807, 2.05) is 36.4 Å². The zero-order valence-corrected chi connectivity index (χ0v) is 34.9. The van der Waals surface area contributed by atoms with E-state index in [9.17, 15) is 15.0 Å². The Morgan fingerprint density at radius 3 is 2.29 bits per heavy atom. The number of Topliss-reactive ketones (excluding diaryl/α,β-unsaturated/α-hetero) is 1. The van der Waals surface area contributed by atoms with Crippen LogP contribution in [0.15, 0.2) is 96.6 Å². The fraction of sp³-hybridized carbons (Fsp3) is 0.458. The number of carbonyl (C=O) groups excluding carboxylic acids is 2. The van der Waals surface area contributed by atoms with Crippen LogP contribution in [0.25, 0.3) is 10.1 Å². The average molecular weight is 803 g/mol. The molecular weight excluding hydrogens is 749 g/mol. The number of hydrogen-bond donors (Lipinski definition) is 3. The minimum atomic E-state index is -1.27. The van der Waals surface area contributed by atoms with E-state index in [0.717, 1.165) is 51.8 Å². The molecule has 9 nitrogen and oxygen atoms in total. The fourth-order valence-electron chi connectivity index (χ4n) is 12.4. The van der Waals surface area contributed by atoms with Crippen LogP contribution in [0.5, 0.6) is 17.2 Å². The summed E-state index contributed by atoms with van der Waals surface area (Å²) in [7, 11) is 4.81. The number of nitrogens with one attached hydrogen (secondary N) is 1. The number of fused-ring (bicyclic) bond motifs is 2. The SMILES string of the molecule is COc1ccc(NC(=O)N(Cc2ccc(OC)cc2OC)C[C@]2(O)CC[C@H]3[C@]45C=C[C@@]6(C=C4C(=O)c4cc7ccccc7s4)CC(O)CC[C@]6(C)[C@H]5CC[C@@]32C)cc1. The number of aliphatic hydroxyl groups is 2. The third-order valence-corrected chi connectivity index (χ3v) is 16.7. The predicted octanol–water partition coefficient (Wildman–Crippen LogP) is 9.44. The maximum absolute atomic E-state index is 15.2. The van der Waals surface area contributed by atoms with Gasteiger partial charge in [-0.05, 0) is 116 Å². The highest BCUT2D eigenvalue weighted by Gasteiger charge is 2.74. The first-order valence-corrected chi connectivity index (χ1v) is 21.4. The molecule has 10 heteroatoms. The van der Waals surface area contributed by atoms with Crippen molar-refractivity contribution in [1.82, 2.24) is 4.90 Å². The van der Waals surface area contributed by atoms with Crippen LogP contribution in [-0.4, -0.2) is 66.5 Å². The van der Waals surface area contributed by atoms with Crippen molar-refractivity contribution in [2.24, 2.45) is 33.5 Å². The summed E-state index contributed by atoms with van der Waals surface area (Å²) in [6, 6.07) is 22.6. The number of rotatable bonds is 10. The van der Waals surface area contributed by atoms with Crippen LogP contribution >= 0.6 is 11.3 Å². The van der Waals surface area contributed by atoms with Gasteiger partial charge in [0.05, 0.1) is 51.0 Å². The number of thiophene rings is 1. The number of hydrogen-bond acceptors (Lipinski definition) is 8. The molecule has 2 spiro atoms. The zero-order valence-electron chi connectivity index (χ0n) is 34.0. The maximum Gasteiger partial charge on any atom is 0.322 e. The zero-order chi connectivity index (χ0) is 40.7. The number of urea groups is 1. The Balaban J connectivity index is 1.11. The third kappa shape index (κ3) is 5.69. The first-order chi connectivity index (χ1) is 27.8. The van der Waals surface area contributed by atoms with Crippen LogP contribution in [0.4, 0.5) is 10.5 Å². The Morgan fingerprint density at radius 1 is 0.845 bits per heavy atom. The summed E-state index contributed by atoms with van der Waals surface area (Å²) < 4.78 is 17.7. The Morgan fingerprint density at radius 2 is 1.55 bits per heavy atom. The number of carbonyl (C=O) groups is 2. The molecule has 10 rings (SSSR count). The number of aliphatic hydroxyl groups excluding tert-OH is 1. The van der Waals surface area contributed by atoms with E-state index < -0.39 is 27.9 Å². The molecule has 8 atom stereocenters. The molecule has 3 aromatic carbocycles. The molecule has 0 radical (unpaired) electrons. The molecule has 1 unspecified atom stereocenters. The predicted molar refractivity (Wildman–Crippen MR) is 227 cm³/mol. The quantitative estimate of drug-likeness (QED) is 0.108. The number of amides is 2. The maximum atomic E-state index is 15.2. The van der Waals surface area contributed by atoms with Gasteiger partial charge in [-0.2, -0.15) is 0 Å². The van der Waals surface area contributed by atoms with Gasteiger partial charge in [0.15, 0.2) is 5.78 Å². The number of methoxy groups -OCH3 is 3. The van der Waals surface area contributed by atoms with E-state index in [-0.39, 0.29) is 42.2 Å². The molecule has 58 heavy (non-hydrogen) atoms. The Hall–Kier alpha value is -4.64. The van der Waals surface area contributed by atoms with Crippen molar-refractivity contribution in [3.05, 3.63) is 107 Å². The molecule has 1 aromatic heterocycles. The molecule has 1 heterocycles. The van der Waals surface area contributed by atoms with E-state index >= 15 is 4.79 Å². The number of ketones is 1. The van der Waals surface area contributed by atoms with Crippen LogP contribution in [-0.2, 0) is 6.54 Å². The smallest absolute Gasteiger partial charge is 0.322 e. The number of benzene rings is 3.